The second-order valence-corrected chi connectivity index (χ2v) is 5.49. The Labute approximate surface area is 113 Å². The fourth-order valence-electron chi connectivity index (χ4n) is 1.64. The first-order chi connectivity index (χ1) is 8.44. The largest absolute Gasteiger partial charge is 0.330 e. The van der Waals surface area contributed by atoms with Crippen LogP contribution in [0.4, 0.5) is 5.82 Å². The zero-order chi connectivity index (χ0) is 13.6. The van der Waals surface area contributed by atoms with E-state index in [2.05, 4.69) is 24.1 Å². The zero-order valence-corrected chi connectivity index (χ0v) is 11.6. The van der Waals surface area contributed by atoms with E-state index in [0.717, 1.165) is 12.8 Å². The zero-order valence-electron chi connectivity index (χ0n) is 10.9. The molecule has 0 aliphatic heterocycles. The second-order valence-electron chi connectivity index (χ2n) is 5.08. The topological polar surface area (TPSA) is 68.0 Å². The molecular weight excluding hydrogens is 250 g/mol. The number of nitrogens with one attached hydrogen (secondary N) is 1. The van der Waals surface area contributed by atoms with Gasteiger partial charge in [-0.2, -0.15) is 0 Å². The van der Waals surface area contributed by atoms with Crippen LogP contribution in [0.2, 0.25) is 5.02 Å². The third kappa shape index (κ3) is 5.02. The van der Waals surface area contributed by atoms with Crippen molar-refractivity contribution in [1.82, 2.24) is 4.98 Å². The molecular formula is C13H20ClN3O. The van der Waals surface area contributed by atoms with Crippen LogP contribution in [0.25, 0.3) is 0 Å². The maximum atomic E-state index is 11.8. The molecule has 0 spiro atoms. The van der Waals surface area contributed by atoms with Crippen molar-refractivity contribution in [2.24, 2.45) is 11.1 Å². The molecule has 18 heavy (non-hydrogen) atoms. The van der Waals surface area contributed by atoms with Gasteiger partial charge in [0.2, 0.25) is 5.91 Å². The molecule has 0 radical (unpaired) electrons. The monoisotopic (exact) mass is 269 g/mol. The Balaban J connectivity index is 2.46. The van der Waals surface area contributed by atoms with Crippen molar-refractivity contribution in [3.05, 3.63) is 23.4 Å². The number of halogens is 1. The molecule has 5 heteroatoms. The molecule has 0 saturated heterocycles. The standard InChI is InChI=1S/C13H20ClN3O/c1-13(2,7-8-15)6-5-11(18)17-12-10(14)4-3-9-16-12/h3-4,9H,5-8,15H2,1-2H3,(H,16,17,18). The molecule has 1 amide bonds. The highest BCUT2D eigenvalue weighted by molar-refractivity contribution is 6.33. The molecule has 3 N–H and O–H groups in total. The van der Waals surface area contributed by atoms with Crippen molar-refractivity contribution >= 4 is 23.3 Å². The van der Waals surface area contributed by atoms with Gasteiger partial charge in [-0.1, -0.05) is 25.4 Å². The minimum atomic E-state index is -0.0688. The van der Waals surface area contributed by atoms with E-state index in [9.17, 15) is 4.79 Å². The highest BCUT2D eigenvalue weighted by atomic mass is 35.5. The summed E-state index contributed by atoms with van der Waals surface area (Å²) in [5.41, 5.74) is 5.62. The quantitative estimate of drug-likeness (QED) is 0.834. The lowest BCUT2D eigenvalue weighted by molar-refractivity contribution is -0.116. The van der Waals surface area contributed by atoms with Crippen LogP contribution in [0.5, 0.6) is 0 Å². The molecule has 0 aliphatic rings. The SMILES string of the molecule is CC(C)(CCN)CCC(=O)Nc1ncccc1Cl. The highest BCUT2D eigenvalue weighted by Crippen LogP contribution is 2.26. The van der Waals surface area contributed by atoms with Gasteiger partial charge in [-0.15, -0.1) is 0 Å². The third-order valence-electron chi connectivity index (χ3n) is 2.87. The molecule has 1 rings (SSSR count). The number of nitrogens with zero attached hydrogens (tertiary/aromatic N) is 1. The number of anilines is 1. The number of aromatic nitrogens is 1. The first kappa shape index (κ1) is 14.9. The molecule has 0 atom stereocenters. The smallest absolute Gasteiger partial charge is 0.225 e. The van der Waals surface area contributed by atoms with Crippen LogP contribution in [0, 0.1) is 5.41 Å². The number of carbonyl (C=O) groups is 1. The first-order valence-corrected chi connectivity index (χ1v) is 6.43. The predicted octanol–water partition coefficient (Wildman–Crippen LogP) is 2.83. The maximum absolute atomic E-state index is 11.8. The Morgan fingerprint density at radius 1 is 1.50 bits per heavy atom. The fourth-order valence-corrected chi connectivity index (χ4v) is 1.81. The molecule has 0 aromatic carbocycles. The molecule has 0 saturated carbocycles. The summed E-state index contributed by atoms with van der Waals surface area (Å²) in [4.78, 5) is 15.8. The minimum Gasteiger partial charge on any atom is -0.330 e. The lowest BCUT2D eigenvalue weighted by atomic mass is 9.84. The van der Waals surface area contributed by atoms with Gasteiger partial charge in [0.25, 0.3) is 0 Å². The molecule has 0 aliphatic carbocycles. The molecule has 0 bridgehead atoms. The molecule has 100 valence electrons. The number of rotatable bonds is 6. The summed E-state index contributed by atoms with van der Waals surface area (Å²) in [6, 6.07) is 3.42. The maximum Gasteiger partial charge on any atom is 0.225 e. The predicted molar refractivity (Wildman–Crippen MR) is 74.6 cm³/mol. The summed E-state index contributed by atoms with van der Waals surface area (Å²) in [5.74, 6) is 0.349. The summed E-state index contributed by atoms with van der Waals surface area (Å²) in [6.07, 6.45) is 3.74. The van der Waals surface area contributed by atoms with Crippen LogP contribution in [-0.4, -0.2) is 17.4 Å². The average molecular weight is 270 g/mol. The van der Waals surface area contributed by atoms with Crippen LogP contribution in [0.3, 0.4) is 0 Å². The van der Waals surface area contributed by atoms with Gasteiger partial charge < -0.3 is 11.1 Å². The van der Waals surface area contributed by atoms with Crippen LogP contribution < -0.4 is 11.1 Å². The van der Waals surface area contributed by atoms with E-state index < -0.39 is 0 Å². The van der Waals surface area contributed by atoms with E-state index in [0.29, 0.717) is 23.8 Å². The molecule has 1 heterocycles. The van der Waals surface area contributed by atoms with E-state index in [1.165, 1.54) is 0 Å². The van der Waals surface area contributed by atoms with E-state index in [1.54, 1.807) is 18.3 Å². The van der Waals surface area contributed by atoms with Gasteiger partial charge in [0.15, 0.2) is 5.82 Å². The average Bonchev–Trinajstić information content (AvgIpc) is 2.30. The highest BCUT2D eigenvalue weighted by Gasteiger charge is 2.18. The first-order valence-electron chi connectivity index (χ1n) is 6.05. The van der Waals surface area contributed by atoms with Crippen LogP contribution in [0.1, 0.15) is 33.1 Å². The Morgan fingerprint density at radius 3 is 2.83 bits per heavy atom. The number of carbonyl (C=O) groups excluding carboxylic acids is 1. The van der Waals surface area contributed by atoms with E-state index in [-0.39, 0.29) is 11.3 Å². The van der Waals surface area contributed by atoms with Crippen molar-refractivity contribution in [3.8, 4) is 0 Å². The van der Waals surface area contributed by atoms with Gasteiger partial charge in [0.05, 0.1) is 5.02 Å². The van der Waals surface area contributed by atoms with Gasteiger partial charge in [-0.3, -0.25) is 4.79 Å². The van der Waals surface area contributed by atoms with Crippen molar-refractivity contribution in [2.45, 2.75) is 33.1 Å². The fraction of sp³-hybridized carbons (Fsp3) is 0.538. The van der Waals surface area contributed by atoms with Gasteiger partial charge in [0.1, 0.15) is 0 Å². The summed E-state index contributed by atoms with van der Waals surface area (Å²) in [5, 5.41) is 3.16. The van der Waals surface area contributed by atoms with Crippen molar-refractivity contribution in [3.63, 3.8) is 0 Å². The summed E-state index contributed by atoms with van der Waals surface area (Å²) in [7, 11) is 0. The van der Waals surface area contributed by atoms with E-state index in [4.69, 9.17) is 17.3 Å². The lowest BCUT2D eigenvalue weighted by Gasteiger charge is -2.23. The molecule has 0 unspecified atom stereocenters. The number of amides is 1. The van der Waals surface area contributed by atoms with Gasteiger partial charge in [-0.25, -0.2) is 4.98 Å². The van der Waals surface area contributed by atoms with Crippen molar-refractivity contribution in [2.75, 3.05) is 11.9 Å². The summed E-state index contributed by atoms with van der Waals surface area (Å²) in [6.45, 7) is 4.86. The summed E-state index contributed by atoms with van der Waals surface area (Å²) >= 11 is 5.91. The van der Waals surface area contributed by atoms with Crippen molar-refractivity contribution in [1.29, 1.82) is 0 Å². The van der Waals surface area contributed by atoms with Crippen LogP contribution >= 0.6 is 11.6 Å². The van der Waals surface area contributed by atoms with Gasteiger partial charge in [0, 0.05) is 12.6 Å². The minimum absolute atomic E-state index is 0.0688. The molecule has 4 nitrogen and oxygen atoms in total. The van der Waals surface area contributed by atoms with E-state index >= 15 is 0 Å². The normalized spacial score (nSPS) is 11.3. The molecule has 1 aromatic rings. The Kier molecular flexibility index (Phi) is 5.56. The van der Waals surface area contributed by atoms with E-state index in [1.807, 2.05) is 0 Å². The number of hydrogen-bond acceptors (Lipinski definition) is 3. The molecule has 1 aromatic heterocycles. The summed E-state index contributed by atoms with van der Waals surface area (Å²) < 4.78 is 0. The number of hydrogen-bond donors (Lipinski definition) is 2. The molecule has 0 fully saturated rings. The van der Waals surface area contributed by atoms with Crippen molar-refractivity contribution < 1.29 is 4.79 Å². The Morgan fingerprint density at radius 2 is 2.22 bits per heavy atom. The second kappa shape index (κ2) is 6.71. The Hall–Kier alpha value is -1.13. The number of pyridine rings is 1. The van der Waals surface area contributed by atoms with Gasteiger partial charge >= 0.3 is 0 Å². The van der Waals surface area contributed by atoms with Gasteiger partial charge in [-0.05, 0) is 36.9 Å². The van der Waals surface area contributed by atoms with Crippen LogP contribution in [-0.2, 0) is 4.79 Å². The Bertz CT molecular complexity index is 407. The lowest BCUT2D eigenvalue weighted by Crippen LogP contribution is -2.21. The van der Waals surface area contributed by atoms with Crippen LogP contribution in [0.15, 0.2) is 18.3 Å². The number of nitrogens with two attached hydrogens (primary N) is 1. The third-order valence-corrected chi connectivity index (χ3v) is 3.17.